The van der Waals surface area contributed by atoms with Gasteiger partial charge in [-0.1, -0.05) is 0 Å². The molecule has 0 aliphatic carbocycles. The summed E-state index contributed by atoms with van der Waals surface area (Å²) in [5, 5.41) is 8.49. The maximum absolute atomic E-state index is 10.7. The first-order valence-corrected chi connectivity index (χ1v) is 5.86. The number of hydrogen-bond acceptors (Lipinski definition) is 5. The van der Waals surface area contributed by atoms with Crippen LogP contribution in [0.1, 0.15) is 19.3 Å². The van der Waals surface area contributed by atoms with Gasteiger partial charge in [0.05, 0.1) is 7.11 Å². The highest BCUT2D eigenvalue weighted by Gasteiger charge is 2.10. The van der Waals surface area contributed by atoms with Gasteiger partial charge >= 0.3 is 11.9 Å². The first-order valence-electron chi connectivity index (χ1n) is 4.71. The number of nitrogens with two attached hydrogens (primary N) is 1. The van der Waals surface area contributed by atoms with Crippen molar-refractivity contribution >= 4 is 23.7 Å². The molecule has 3 N–H and O–H groups in total. The molecule has 0 amide bonds. The van der Waals surface area contributed by atoms with Gasteiger partial charge < -0.3 is 15.6 Å². The number of ether oxygens (including phenoxy) is 1. The Bertz CT molecular complexity index is 210. The number of thioether (sulfide) groups is 1. The zero-order chi connectivity index (χ0) is 11.7. The van der Waals surface area contributed by atoms with E-state index in [0.29, 0.717) is 12.2 Å². The van der Waals surface area contributed by atoms with E-state index in [9.17, 15) is 9.59 Å². The summed E-state index contributed by atoms with van der Waals surface area (Å²) in [6.45, 7) is 0. The van der Waals surface area contributed by atoms with Crippen molar-refractivity contribution in [2.45, 2.75) is 25.3 Å². The van der Waals surface area contributed by atoms with E-state index in [2.05, 4.69) is 4.74 Å². The molecule has 6 heteroatoms. The van der Waals surface area contributed by atoms with Gasteiger partial charge in [-0.15, -0.1) is 0 Å². The van der Waals surface area contributed by atoms with Crippen LogP contribution in [0.3, 0.4) is 0 Å². The highest BCUT2D eigenvalue weighted by atomic mass is 32.2. The van der Waals surface area contributed by atoms with Crippen LogP contribution in [0.25, 0.3) is 0 Å². The Hall–Kier alpha value is -0.750. The number of carbonyl (C=O) groups excluding carboxylic acids is 1. The van der Waals surface area contributed by atoms with Crippen LogP contribution < -0.4 is 5.73 Å². The fourth-order valence-electron chi connectivity index (χ4n) is 0.857. The molecule has 0 saturated heterocycles. The van der Waals surface area contributed by atoms with Crippen LogP contribution >= 0.6 is 11.8 Å². The van der Waals surface area contributed by atoms with Crippen LogP contribution in [0.15, 0.2) is 0 Å². The molecule has 1 atom stereocenters. The van der Waals surface area contributed by atoms with Crippen LogP contribution in [-0.2, 0) is 14.3 Å². The van der Waals surface area contributed by atoms with E-state index >= 15 is 0 Å². The molecule has 88 valence electrons. The van der Waals surface area contributed by atoms with E-state index in [0.717, 1.165) is 18.6 Å². The summed E-state index contributed by atoms with van der Waals surface area (Å²) in [6, 6.07) is -0.796. The average Bonchev–Trinajstić information content (AvgIpc) is 2.22. The highest BCUT2D eigenvalue weighted by Crippen LogP contribution is 2.07. The molecule has 0 aliphatic heterocycles. The molecule has 0 rings (SSSR count). The SMILES string of the molecule is COC(=O)CCCCSC[C@H](N)C(=O)O. The zero-order valence-electron chi connectivity index (χ0n) is 8.77. The first-order chi connectivity index (χ1) is 7.07. The Morgan fingerprint density at radius 2 is 2.13 bits per heavy atom. The third-order valence-electron chi connectivity index (χ3n) is 1.76. The molecule has 0 radical (unpaired) electrons. The molecule has 0 fully saturated rings. The summed E-state index contributed by atoms with van der Waals surface area (Å²) in [6.07, 6.45) is 2.05. The lowest BCUT2D eigenvalue weighted by Crippen LogP contribution is -2.32. The minimum absolute atomic E-state index is 0.206. The molecule has 0 aromatic rings. The third-order valence-corrected chi connectivity index (χ3v) is 2.93. The fraction of sp³-hybridized carbons (Fsp3) is 0.778. The Kier molecular flexibility index (Phi) is 8.12. The normalized spacial score (nSPS) is 12.1. The largest absolute Gasteiger partial charge is 0.480 e. The molecule has 0 spiro atoms. The number of hydrogen-bond donors (Lipinski definition) is 2. The second-order valence-corrected chi connectivity index (χ2v) is 4.20. The van der Waals surface area contributed by atoms with Gasteiger partial charge in [-0.25, -0.2) is 0 Å². The molecule has 0 bridgehead atoms. The van der Waals surface area contributed by atoms with Crippen LogP contribution in [-0.4, -0.2) is 41.7 Å². The van der Waals surface area contributed by atoms with Gasteiger partial charge in [-0.3, -0.25) is 9.59 Å². The lowest BCUT2D eigenvalue weighted by atomic mass is 10.2. The van der Waals surface area contributed by atoms with Gasteiger partial charge in [0.2, 0.25) is 0 Å². The van der Waals surface area contributed by atoms with Crippen molar-refractivity contribution in [3.8, 4) is 0 Å². The van der Waals surface area contributed by atoms with Crippen LogP contribution in [0.4, 0.5) is 0 Å². The number of carboxylic acid groups (broad SMARTS) is 1. The molecule has 0 aliphatic rings. The van der Waals surface area contributed by atoms with Crippen molar-refractivity contribution in [2.24, 2.45) is 5.73 Å². The zero-order valence-corrected chi connectivity index (χ0v) is 9.59. The molecular weight excluding hydrogens is 218 g/mol. The number of carbonyl (C=O) groups is 2. The summed E-state index contributed by atoms with van der Waals surface area (Å²) < 4.78 is 4.48. The van der Waals surface area contributed by atoms with Gasteiger partial charge in [-0.2, -0.15) is 11.8 Å². The number of unbranched alkanes of at least 4 members (excludes halogenated alkanes) is 1. The quantitative estimate of drug-likeness (QED) is 0.469. The molecule has 5 nitrogen and oxygen atoms in total. The lowest BCUT2D eigenvalue weighted by Gasteiger charge is -2.05. The van der Waals surface area contributed by atoms with Crippen molar-refractivity contribution < 1.29 is 19.4 Å². The van der Waals surface area contributed by atoms with E-state index < -0.39 is 12.0 Å². The van der Waals surface area contributed by atoms with E-state index in [1.807, 2.05) is 0 Å². The molecule has 0 saturated carbocycles. The molecule has 15 heavy (non-hydrogen) atoms. The van der Waals surface area contributed by atoms with Gasteiger partial charge in [0.25, 0.3) is 0 Å². The van der Waals surface area contributed by atoms with Gasteiger partial charge in [0.1, 0.15) is 6.04 Å². The van der Waals surface area contributed by atoms with Crippen LogP contribution in [0.2, 0.25) is 0 Å². The Balaban J connectivity index is 3.25. The van der Waals surface area contributed by atoms with Crippen molar-refractivity contribution in [2.75, 3.05) is 18.6 Å². The van der Waals surface area contributed by atoms with E-state index in [1.54, 1.807) is 0 Å². The van der Waals surface area contributed by atoms with E-state index in [-0.39, 0.29) is 5.97 Å². The van der Waals surface area contributed by atoms with Gasteiger partial charge in [-0.05, 0) is 18.6 Å². The predicted octanol–water partition coefficient (Wildman–Crippen LogP) is 0.475. The monoisotopic (exact) mass is 235 g/mol. The van der Waals surface area contributed by atoms with Crippen molar-refractivity contribution in [3.63, 3.8) is 0 Å². The number of carboxylic acids is 1. The maximum atomic E-state index is 10.7. The minimum atomic E-state index is -0.975. The summed E-state index contributed by atoms with van der Waals surface area (Å²) in [5.41, 5.74) is 5.31. The van der Waals surface area contributed by atoms with Crippen LogP contribution in [0, 0.1) is 0 Å². The summed E-state index contributed by atoms with van der Waals surface area (Å²) in [4.78, 5) is 21.1. The molecular formula is C9H17NO4S. The topological polar surface area (TPSA) is 89.6 Å². The average molecular weight is 235 g/mol. The Morgan fingerprint density at radius 3 is 2.67 bits per heavy atom. The van der Waals surface area contributed by atoms with E-state index in [1.165, 1.54) is 18.9 Å². The molecule has 0 aromatic carbocycles. The minimum Gasteiger partial charge on any atom is -0.480 e. The van der Waals surface area contributed by atoms with Crippen LogP contribution in [0.5, 0.6) is 0 Å². The second kappa shape index (κ2) is 8.55. The third kappa shape index (κ3) is 8.26. The molecule has 0 heterocycles. The summed E-state index contributed by atoms with van der Waals surface area (Å²) >= 11 is 1.49. The summed E-state index contributed by atoms with van der Waals surface area (Å²) in [5.74, 6) is 0.0465. The number of rotatable bonds is 8. The lowest BCUT2D eigenvalue weighted by molar-refractivity contribution is -0.140. The molecule has 0 unspecified atom stereocenters. The Morgan fingerprint density at radius 1 is 1.47 bits per heavy atom. The predicted molar refractivity (Wildman–Crippen MR) is 58.8 cm³/mol. The van der Waals surface area contributed by atoms with Crippen molar-refractivity contribution in [1.82, 2.24) is 0 Å². The fourth-order valence-corrected chi connectivity index (χ4v) is 1.83. The highest BCUT2D eigenvalue weighted by molar-refractivity contribution is 7.99. The standard InChI is InChI=1S/C9H17NO4S/c1-14-8(11)4-2-3-5-15-6-7(10)9(12)13/h7H,2-6,10H2,1H3,(H,12,13)/t7-/m0/s1. The molecule has 0 aromatic heterocycles. The van der Waals surface area contributed by atoms with Crippen molar-refractivity contribution in [1.29, 1.82) is 0 Å². The second-order valence-electron chi connectivity index (χ2n) is 3.05. The van der Waals surface area contributed by atoms with Gasteiger partial charge in [0.15, 0.2) is 0 Å². The summed E-state index contributed by atoms with van der Waals surface area (Å²) in [7, 11) is 1.36. The number of aliphatic carboxylic acids is 1. The van der Waals surface area contributed by atoms with Crippen molar-refractivity contribution in [3.05, 3.63) is 0 Å². The number of esters is 1. The van der Waals surface area contributed by atoms with Gasteiger partial charge in [0, 0.05) is 12.2 Å². The smallest absolute Gasteiger partial charge is 0.321 e. The first kappa shape index (κ1) is 14.2. The van der Waals surface area contributed by atoms with E-state index in [4.69, 9.17) is 10.8 Å². The maximum Gasteiger partial charge on any atom is 0.321 e. The number of methoxy groups -OCH3 is 1. The Labute approximate surface area is 93.4 Å².